The van der Waals surface area contributed by atoms with E-state index in [1.54, 1.807) is 6.08 Å². The highest BCUT2D eigenvalue weighted by atomic mass is 16.1. The molecule has 1 amide bonds. The number of carbonyl (C=O) groups excluding carboxylic acids is 1. The molecule has 0 spiro atoms. The molecule has 0 aliphatic rings. The van der Waals surface area contributed by atoms with Gasteiger partial charge in [-0.15, -0.1) is 0 Å². The maximum absolute atomic E-state index is 12.3. The zero-order valence-electron chi connectivity index (χ0n) is 14.0. The standard InChI is InChI=1S/C22H21NO/c1-3-17-10-6-8-16(2)22(17)23-21(24)15-14-19-12-7-11-18-9-4-5-13-20(18)19/h4-15H,3H2,1-2H3,(H,23,24)/b15-14+. The third-order valence-corrected chi connectivity index (χ3v) is 4.23. The maximum Gasteiger partial charge on any atom is 0.248 e. The van der Waals surface area contributed by atoms with Crippen molar-refractivity contribution in [2.45, 2.75) is 20.3 Å². The molecule has 3 rings (SSSR count). The molecule has 0 aliphatic carbocycles. The van der Waals surface area contributed by atoms with Crippen LogP contribution >= 0.6 is 0 Å². The summed E-state index contributed by atoms with van der Waals surface area (Å²) in [6.07, 6.45) is 4.37. The van der Waals surface area contributed by atoms with Crippen LogP contribution < -0.4 is 5.32 Å². The second kappa shape index (κ2) is 7.14. The van der Waals surface area contributed by atoms with Gasteiger partial charge in [0.15, 0.2) is 0 Å². The quantitative estimate of drug-likeness (QED) is 0.645. The molecule has 3 aromatic rings. The van der Waals surface area contributed by atoms with Gasteiger partial charge in [-0.3, -0.25) is 4.79 Å². The Morgan fingerprint density at radius 1 is 1.00 bits per heavy atom. The van der Waals surface area contributed by atoms with Crippen molar-refractivity contribution in [1.29, 1.82) is 0 Å². The highest BCUT2D eigenvalue weighted by Gasteiger charge is 2.06. The van der Waals surface area contributed by atoms with E-state index in [2.05, 4.69) is 36.5 Å². The Labute approximate surface area is 142 Å². The van der Waals surface area contributed by atoms with Crippen LogP contribution in [-0.4, -0.2) is 5.91 Å². The lowest BCUT2D eigenvalue weighted by Gasteiger charge is -2.11. The fourth-order valence-electron chi connectivity index (χ4n) is 2.93. The van der Waals surface area contributed by atoms with E-state index in [4.69, 9.17) is 0 Å². The van der Waals surface area contributed by atoms with Crippen LogP contribution in [0, 0.1) is 6.92 Å². The van der Waals surface area contributed by atoms with Gasteiger partial charge in [-0.1, -0.05) is 67.6 Å². The summed E-state index contributed by atoms with van der Waals surface area (Å²) in [6.45, 7) is 4.11. The van der Waals surface area contributed by atoms with E-state index in [0.29, 0.717) is 0 Å². The molecule has 0 aliphatic heterocycles. The smallest absolute Gasteiger partial charge is 0.248 e. The van der Waals surface area contributed by atoms with Crippen molar-refractivity contribution in [1.82, 2.24) is 0 Å². The van der Waals surface area contributed by atoms with Crippen molar-refractivity contribution in [2.75, 3.05) is 5.32 Å². The van der Waals surface area contributed by atoms with Gasteiger partial charge in [0, 0.05) is 11.8 Å². The Kier molecular flexibility index (Phi) is 4.76. The Hall–Kier alpha value is -2.87. The van der Waals surface area contributed by atoms with Crippen LogP contribution in [0.3, 0.4) is 0 Å². The van der Waals surface area contributed by atoms with Crippen LogP contribution in [0.2, 0.25) is 0 Å². The molecule has 0 bridgehead atoms. The summed E-state index contributed by atoms with van der Waals surface area (Å²) >= 11 is 0. The number of fused-ring (bicyclic) bond motifs is 1. The van der Waals surface area contributed by atoms with Gasteiger partial charge in [0.2, 0.25) is 5.91 Å². The first kappa shape index (κ1) is 16.0. The topological polar surface area (TPSA) is 29.1 Å². The van der Waals surface area contributed by atoms with E-state index >= 15 is 0 Å². The highest BCUT2D eigenvalue weighted by Crippen LogP contribution is 2.22. The number of amides is 1. The van der Waals surface area contributed by atoms with Gasteiger partial charge in [0.25, 0.3) is 0 Å². The van der Waals surface area contributed by atoms with Gasteiger partial charge in [0.05, 0.1) is 0 Å². The largest absolute Gasteiger partial charge is 0.322 e. The lowest BCUT2D eigenvalue weighted by atomic mass is 10.0. The molecule has 2 heteroatoms. The van der Waals surface area contributed by atoms with Crippen LogP contribution in [0.15, 0.2) is 66.7 Å². The number of hydrogen-bond donors (Lipinski definition) is 1. The van der Waals surface area contributed by atoms with E-state index < -0.39 is 0 Å². The minimum Gasteiger partial charge on any atom is -0.322 e. The molecule has 120 valence electrons. The van der Waals surface area contributed by atoms with Gasteiger partial charge in [-0.25, -0.2) is 0 Å². The number of para-hydroxylation sites is 1. The van der Waals surface area contributed by atoms with E-state index in [1.807, 2.05) is 49.4 Å². The molecule has 0 aromatic heterocycles. The van der Waals surface area contributed by atoms with E-state index in [9.17, 15) is 4.79 Å². The van der Waals surface area contributed by atoms with E-state index in [0.717, 1.165) is 34.2 Å². The van der Waals surface area contributed by atoms with Gasteiger partial charge in [0.1, 0.15) is 0 Å². The van der Waals surface area contributed by atoms with Crippen molar-refractivity contribution in [3.63, 3.8) is 0 Å². The van der Waals surface area contributed by atoms with Crippen molar-refractivity contribution in [2.24, 2.45) is 0 Å². The fraction of sp³-hybridized carbons (Fsp3) is 0.136. The Morgan fingerprint density at radius 2 is 1.75 bits per heavy atom. The molecule has 0 saturated carbocycles. The fourth-order valence-corrected chi connectivity index (χ4v) is 2.93. The summed E-state index contributed by atoms with van der Waals surface area (Å²) in [5.74, 6) is -0.105. The summed E-state index contributed by atoms with van der Waals surface area (Å²) < 4.78 is 0. The zero-order valence-corrected chi connectivity index (χ0v) is 14.0. The van der Waals surface area contributed by atoms with E-state index in [-0.39, 0.29) is 5.91 Å². The molecule has 0 radical (unpaired) electrons. The molecule has 1 N–H and O–H groups in total. The Balaban J connectivity index is 1.83. The second-order valence-corrected chi connectivity index (χ2v) is 5.85. The highest BCUT2D eigenvalue weighted by molar-refractivity contribution is 6.04. The lowest BCUT2D eigenvalue weighted by molar-refractivity contribution is -0.111. The summed E-state index contributed by atoms with van der Waals surface area (Å²) in [7, 11) is 0. The lowest BCUT2D eigenvalue weighted by Crippen LogP contribution is -2.11. The number of benzene rings is 3. The molecule has 0 fully saturated rings. The predicted octanol–water partition coefficient (Wildman–Crippen LogP) is 5.36. The molecule has 0 atom stereocenters. The first-order valence-corrected chi connectivity index (χ1v) is 8.24. The van der Waals surface area contributed by atoms with Crippen molar-refractivity contribution in [3.05, 3.63) is 83.4 Å². The molecule has 24 heavy (non-hydrogen) atoms. The molecular formula is C22H21NO. The molecule has 0 saturated heterocycles. The first-order valence-electron chi connectivity index (χ1n) is 8.24. The van der Waals surface area contributed by atoms with E-state index in [1.165, 1.54) is 5.39 Å². The molecule has 0 heterocycles. The number of rotatable bonds is 4. The third kappa shape index (κ3) is 3.38. The van der Waals surface area contributed by atoms with Crippen LogP contribution in [0.5, 0.6) is 0 Å². The molecular weight excluding hydrogens is 294 g/mol. The normalized spacial score (nSPS) is 11.1. The van der Waals surface area contributed by atoms with Crippen LogP contribution in [0.4, 0.5) is 5.69 Å². The zero-order chi connectivity index (χ0) is 16.9. The molecule has 0 unspecified atom stereocenters. The summed E-state index contributed by atoms with van der Waals surface area (Å²) in [5, 5.41) is 5.34. The molecule has 3 aromatic carbocycles. The molecule has 2 nitrogen and oxygen atoms in total. The van der Waals surface area contributed by atoms with Crippen molar-refractivity contribution >= 4 is 28.4 Å². The number of aryl methyl sites for hydroxylation is 2. The number of nitrogens with one attached hydrogen (secondary N) is 1. The van der Waals surface area contributed by atoms with Crippen LogP contribution in [0.1, 0.15) is 23.6 Å². The monoisotopic (exact) mass is 315 g/mol. The maximum atomic E-state index is 12.3. The third-order valence-electron chi connectivity index (χ3n) is 4.23. The van der Waals surface area contributed by atoms with Crippen LogP contribution in [0.25, 0.3) is 16.8 Å². The average molecular weight is 315 g/mol. The SMILES string of the molecule is CCc1cccc(C)c1NC(=O)/C=C/c1cccc2ccccc12. The number of anilines is 1. The van der Waals surface area contributed by atoms with Gasteiger partial charge < -0.3 is 5.32 Å². The number of hydrogen-bond acceptors (Lipinski definition) is 1. The minimum atomic E-state index is -0.105. The Bertz CT molecular complexity index is 903. The predicted molar refractivity (Wildman–Crippen MR) is 102 cm³/mol. The van der Waals surface area contributed by atoms with Crippen molar-refractivity contribution < 1.29 is 4.79 Å². The first-order chi connectivity index (χ1) is 11.7. The summed E-state index contributed by atoms with van der Waals surface area (Å²) in [5.41, 5.74) is 4.21. The Morgan fingerprint density at radius 3 is 2.58 bits per heavy atom. The summed E-state index contributed by atoms with van der Waals surface area (Å²) in [6, 6.07) is 20.4. The van der Waals surface area contributed by atoms with Crippen LogP contribution in [-0.2, 0) is 11.2 Å². The van der Waals surface area contributed by atoms with Crippen molar-refractivity contribution in [3.8, 4) is 0 Å². The van der Waals surface area contributed by atoms with Gasteiger partial charge in [-0.2, -0.15) is 0 Å². The van der Waals surface area contributed by atoms with Gasteiger partial charge >= 0.3 is 0 Å². The average Bonchev–Trinajstić information content (AvgIpc) is 2.61. The summed E-state index contributed by atoms with van der Waals surface area (Å²) in [4.78, 5) is 12.3. The number of carbonyl (C=O) groups is 1. The minimum absolute atomic E-state index is 0.105. The second-order valence-electron chi connectivity index (χ2n) is 5.85. The van der Waals surface area contributed by atoms with Gasteiger partial charge in [-0.05, 0) is 46.9 Å².